The fraction of sp³-hybridized carbons (Fsp3) is 0.0870. The largest absolute Gasteiger partial charge is 0.398 e. The Hall–Kier alpha value is -3.51. The molecule has 3 nitrogen and oxygen atoms in total. The van der Waals surface area contributed by atoms with Crippen molar-refractivity contribution in [1.29, 1.82) is 0 Å². The smallest absolute Gasteiger partial charge is 0.188 e. The van der Waals surface area contributed by atoms with Crippen LogP contribution in [0, 0.1) is 20.4 Å². The Bertz CT molecular complexity index is 1180. The molecule has 0 saturated heterocycles. The second-order valence-electron chi connectivity index (χ2n) is 6.58. The molecule has 1 heterocycles. The van der Waals surface area contributed by atoms with Crippen LogP contribution >= 0.6 is 0 Å². The highest BCUT2D eigenvalue weighted by Gasteiger charge is 2.14. The van der Waals surface area contributed by atoms with Gasteiger partial charge in [-0.05, 0) is 66.3 Å². The highest BCUT2D eigenvalue weighted by Crippen LogP contribution is 2.37. The summed E-state index contributed by atoms with van der Waals surface area (Å²) >= 11 is 0. The number of nitrogens with zero attached hydrogens (tertiary/aromatic N) is 2. The van der Waals surface area contributed by atoms with Crippen molar-refractivity contribution in [3.05, 3.63) is 89.4 Å². The first kappa shape index (κ1) is 16.0. The number of nitrogens with two attached hydrogens (primary N) is 1. The lowest BCUT2D eigenvalue weighted by Gasteiger charge is -2.07. The molecular weight excluding hydrogens is 318 g/mol. The van der Waals surface area contributed by atoms with Gasteiger partial charge < -0.3 is 10.3 Å². The Balaban J connectivity index is 2.07. The molecule has 3 heteroatoms. The van der Waals surface area contributed by atoms with E-state index >= 15 is 0 Å². The molecule has 26 heavy (non-hydrogen) atoms. The molecule has 0 unspecified atom stereocenters. The highest BCUT2D eigenvalue weighted by atomic mass is 15.0. The monoisotopic (exact) mass is 337 g/mol. The molecule has 0 aliphatic heterocycles. The number of anilines is 1. The van der Waals surface area contributed by atoms with Crippen LogP contribution in [0.2, 0.25) is 0 Å². The van der Waals surface area contributed by atoms with Gasteiger partial charge in [-0.2, -0.15) is 0 Å². The molecule has 0 atom stereocenters. The van der Waals surface area contributed by atoms with Crippen LogP contribution in [0.5, 0.6) is 0 Å². The summed E-state index contributed by atoms with van der Waals surface area (Å²) in [4.78, 5) is 3.61. The van der Waals surface area contributed by atoms with Crippen molar-refractivity contribution >= 4 is 22.3 Å². The average molecular weight is 337 g/mol. The van der Waals surface area contributed by atoms with Gasteiger partial charge in [0.2, 0.25) is 0 Å². The van der Waals surface area contributed by atoms with Crippen LogP contribution in [0.25, 0.3) is 32.6 Å². The quantitative estimate of drug-likeness (QED) is 0.351. The molecule has 0 aliphatic carbocycles. The standard InChI is InChI=1S/C23H19N3/c1-15-6-4-7-18(12-15)26-14-21(19-8-5-9-22(24)16(19)2)20-13-17(25-3)10-11-23(20)26/h4-14H,24H2,1-2H3. The maximum absolute atomic E-state index is 7.37. The van der Waals surface area contributed by atoms with Crippen molar-refractivity contribution in [3.63, 3.8) is 0 Å². The van der Waals surface area contributed by atoms with E-state index in [1.807, 2.05) is 37.3 Å². The molecular formula is C23H19N3. The first-order chi connectivity index (χ1) is 12.6. The van der Waals surface area contributed by atoms with Gasteiger partial charge in [-0.15, -0.1) is 0 Å². The fourth-order valence-corrected chi connectivity index (χ4v) is 3.44. The van der Waals surface area contributed by atoms with Gasteiger partial charge in [0.05, 0.1) is 12.1 Å². The molecule has 3 aromatic carbocycles. The fourth-order valence-electron chi connectivity index (χ4n) is 3.44. The molecule has 1 aromatic heterocycles. The minimum absolute atomic E-state index is 0.641. The molecule has 4 rings (SSSR count). The Kier molecular flexibility index (Phi) is 3.74. The van der Waals surface area contributed by atoms with Crippen LogP contribution in [0.4, 0.5) is 11.4 Å². The summed E-state index contributed by atoms with van der Waals surface area (Å²) in [7, 11) is 0. The molecule has 0 amide bonds. The molecule has 0 bridgehead atoms. The molecule has 0 spiro atoms. The maximum Gasteiger partial charge on any atom is 0.188 e. The van der Waals surface area contributed by atoms with Crippen molar-refractivity contribution in [2.24, 2.45) is 0 Å². The minimum Gasteiger partial charge on any atom is -0.398 e. The third kappa shape index (κ3) is 2.53. The molecule has 4 aromatic rings. The lowest BCUT2D eigenvalue weighted by atomic mass is 9.99. The van der Waals surface area contributed by atoms with E-state index in [-0.39, 0.29) is 0 Å². The predicted molar refractivity (Wildman–Crippen MR) is 109 cm³/mol. The molecule has 2 N–H and O–H groups in total. The van der Waals surface area contributed by atoms with E-state index in [9.17, 15) is 0 Å². The van der Waals surface area contributed by atoms with Gasteiger partial charge in [0.15, 0.2) is 5.69 Å². The van der Waals surface area contributed by atoms with E-state index in [1.54, 1.807) is 0 Å². The van der Waals surface area contributed by atoms with Gasteiger partial charge in [-0.1, -0.05) is 30.3 Å². The first-order valence-electron chi connectivity index (χ1n) is 8.53. The zero-order chi connectivity index (χ0) is 18.3. The molecule has 0 saturated carbocycles. The van der Waals surface area contributed by atoms with Crippen LogP contribution in [0.15, 0.2) is 66.9 Å². The number of benzene rings is 3. The third-order valence-corrected chi connectivity index (χ3v) is 4.86. The minimum atomic E-state index is 0.641. The summed E-state index contributed by atoms with van der Waals surface area (Å²) < 4.78 is 2.19. The van der Waals surface area contributed by atoms with Gasteiger partial charge in [0.1, 0.15) is 0 Å². The van der Waals surface area contributed by atoms with Crippen LogP contribution in [0.3, 0.4) is 0 Å². The van der Waals surface area contributed by atoms with Gasteiger partial charge in [0.25, 0.3) is 0 Å². The summed E-state index contributed by atoms with van der Waals surface area (Å²) in [6, 6.07) is 20.3. The number of nitrogen functional groups attached to an aromatic ring is 1. The second-order valence-corrected chi connectivity index (χ2v) is 6.58. The normalized spacial score (nSPS) is 10.8. The lowest BCUT2D eigenvalue weighted by Crippen LogP contribution is -1.92. The van der Waals surface area contributed by atoms with E-state index in [0.29, 0.717) is 5.69 Å². The third-order valence-electron chi connectivity index (χ3n) is 4.86. The van der Waals surface area contributed by atoms with Crippen molar-refractivity contribution in [2.75, 3.05) is 5.73 Å². The SMILES string of the molecule is [C-]#[N+]c1ccc2c(c1)c(-c1cccc(N)c1C)cn2-c1cccc(C)c1. The first-order valence-corrected chi connectivity index (χ1v) is 8.53. The Morgan fingerprint density at radius 1 is 0.923 bits per heavy atom. The Morgan fingerprint density at radius 3 is 2.50 bits per heavy atom. The van der Waals surface area contributed by atoms with Gasteiger partial charge in [0, 0.05) is 23.1 Å². The van der Waals surface area contributed by atoms with Crippen LogP contribution in [-0.4, -0.2) is 4.57 Å². The molecule has 0 aliphatic rings. The Morgan fingerprint density at radius 2 is 1.73 bits per heavy atom. The number of fused-ring (bicyclic) bond motifs is 1. The Labute approximate surface area is 153 Å². The summed E-state index contributed by atoms with van der Waals surface area (Å²) in [5, 5.41) is 1.06. The van der Waals surface area contributed by atoms with Crippen molar-refractivity contribution in [1.82, 2.24) is 4.57 Å². The highest BCUT2D eigenvalue weighted by molar-refractivity contribution is 6.00. The van der Waals surface area contributed by atoms with Gasteiger partial charge in [-0.3, -0.25) is 0 Å². The van der Waals surface area contributed by atoms with E-state index in [4.69, 9.17) is 12.3 Å². The van der Waals surface area contributed by atoms with Gasteiger partial charge >= 0.3 is 0 Å². The summed E-state index contributed by atoms with van der Waals surface area (Å²) in [6.07, 6.45) is 2.15. The number of hydrogen-bond donors (Lipinski definition) is 1. The van der Waals surface area contributed by atoms with E-state index in [1.165, 1.54) is 5.56 Å². The number of aryl methyl sites for hydroxylation is 1. The van der Waals surface area contributed by atoms with Crippen LogP contribution in [0.1, 0.15) is 11.1 Å². The number of rotatable bonds is 2. The van der Waals surface area contributed by atoms with E-state index in [2.05, 4.69) is 52.9 Å². The molecule has 126 valence electrons. The summed E-state index contributed by atoms with van der Waals surface area (Å²) in [6.45, 7) is 11.5. The van der Waals surface area contributed by atoms with E-state index < -0.39 is 0 Å². The van der Waals surface area contributed by atoms with E-state index in [0.717, 1.165) is 39.0 Å². The average Bonchev–Trinajstić information content (AvgIpc) is 3.02. The van der Waals surface area contributed by atoms with Crippen LogP contribution in [-0.2, 0) is 0 Å². The van der Waals surface area contributed by atoms with Crippen molar-refractivity contribution in [2.45, 2.75) is 13.8 Å². The summed E-state index contributed by atoms with van der Waals surface area (Å²) in [5.74, 6) is 0. The predicted octanol–water partition coefficient (Wildman–Crippen LogP) is 6.05. The summed E-state index contributed by atoms with van der Waals surface area (Å²) in [5.41, 5.74) is 14.2. The van der Waals surface area contributed by atoms with Crippen molar-refractivity contribution in [3.8, 4) is 16.8 Å². The second kappa shape index (κ2) is 6.09. The molecule has 0 fully saturated rings. The number of hydrogen-bond acceptors (Lipinski definition) is 1. The zero-order valence-electron chi connectivity index (χ0n) is 14.8. The maximum atomic E-state index is 7.37. The van der Waals surface area contributed by atoms with Crippen LogP contribution < -0.4 is 5.73 Å². The topological polar surface area (TPSA) is 35.3 Å². The molecule has 0 radical (unpaired) electrons. The zero-order valence-corrected chi connectivity index (χ0v) is 14.8. The lowest BCUT2D eigenvalue weighted by molar-refractivity contribution is 1.12. The van der Waals surface area contributed by atoms with Crippen molar-refractivity contribution < 1.29 is 0 Å². The van der Waals surface area contributed by atoms with Gasteiger partial charge in [-0.25, -0.2) is 4.85 Å². The number of aromatic nitrogens is 1.